The molecule has 1 heterocycles. The first-order valence-corrected chi connectivity index (χ1v) is 7.15. The van der Waals surface area contributed by atoms with Gasteiger partial charge in [-0.15, -0.1) is 0 Å². The number of rotatable bonds is 6. The van der Waals surface area contributed by atoms with Gasteiger partial charge in [0.2, 0.25) is 0 Å². The van der Waals surface area contributed by atoms with Crippen molar-refractivity contribution in [1.82, 2.24) is 4.90 Å². The molecule has 1 aromatic rings. The van der Waals surface area contributed by atoms with Crippen molar-refractivity contribution >= 4 is 5.78 Å². The number of Topliss-reactive ketones (excluding diaryl/α,β-unsaturated/α-hetero) is 1. The fourth-order valence-electron chi connectivity index (χ4n) is 2.45. The SMILES string of the molecule is CC(=O)c1cccc(OC(C)CCN2CCCC2)c1. The molecule has 19 heavy (non-hydrogen) atoms. The Morgan fingerprint density at radius 2 is 2.11 bits per heavy atom. The van der Waals surface area contributed by atoms with Crippen molar-refractivity contribution in [3.8, 4) is 5.75 Å². The van der Waals surface area contributed by atoms with Gasteiger partial charge in [-0.05, 0) is 58.3 Å². The maximum atomic E-state index is 11.3. The zero-order valence-electron chi connectivity index (χ0n) is 11.9. The number of hydrogen-bond acceptors (Lipinski definition) is 3. The Balaban J connectivity index is 1.82. The van der Waals surface area contributed by atoms with Crippen molar-refractivity contribution in [2.75, 3.05) is 19.6 Å². The summed E-state index contributed by atoms with van der Waals surface area (Å²) in [4.78, 5) is 13.8. The highest BCUT2D eigenvalue weighted by molar-refractivity contribution is 5.94. The van der Waals surface area contributed by atoms with Crippen LogP contribution in [-0.2, 0) is 0 Å². The van der Waals surface area contributed by atoms with E-state index in [9.17, 15) is 4.79 Å². The van der Waals surface area contributed by atoms with Crippen molar-refractivity contribution in [2.24, 2.45) is 0 Å². The summed E-state index contributed by atoms with van der Waals surface area (Å²) < 4.78 is 5.89. The number of ketones is 1. The molecule has 0 amide bonds. The highest BCUT2D eigenvalue weighted by Crippen LogP contribution is 2.17. The molecular formula is C16H23NO2. The molecule has 1 atom stereocenters. The number of carbonyl (C=O) groups excluding carboxylic acids is 1. The van der Waals surface area contributed by atoms with Gasteiger partial charge in [0, 0.05) is 12.1 Å². The van der Waals surface area contributed by atoms with Gasteiger partial charge < -0.3 is 9.64 Å². The monoisotopic (exact) mass is 261 g/mol. The van der Waals surface area contributed by atoms with Gasteiger partial charge >= 0.3 is 0 Å². The minimum atomic E-state index is 0.0789. The van der Waals surface area contributed by atoms with E-state index in [4.69, 9.17) is 4.74 Å². The number of benzene rings is 1. The number of carbonyl (C=O) groups is 1. The average molecular weight is 261 g/mol. The zero-order chi connectivity index (χ0) is 13.7. The molecule has 0 radical (unpaired) electrons. The van der Waals surface area contributed by atoms with Gasteiger partial charge in [-0.2, -0.15) is 0 Å². The third kappa shape index (κ3) is 4.35. The van der Waals surface area contributed by atoms with Crippen LogP contribution in [0.2, 0.25) is 0 Å². The molecule has 0 spiro atoms. The lowest BCUT2D eigenvalue weighted by Crippen LogP contribution is -2.25. The van der Waals surface area contributed by atoms with E-state index in [1.165, 1.54) is 25.9 Å². The van der Waals surface area contributed by atoms with Crippen LogP contribution in [0.1, 0.15) is 43.5 Å². The predicted molar refractivity (Wildman–Crippen MR) is 76.8 cm³/mol. The Morgan fingerprint density at radius 3 is 2.79 bits per heavy atom. The maximum absolute atomic E-state index is 11.3. The highest BCUT2D eigenvalue weighted by atomic mass is 16.5. The second-order valence-corrected chi connectivity index (χ2v) is 5.35. The first kappa shape index (κ1) is 14.1. The van der Waals surface area contributed by atoms with Crippen LogP contribution >= 0.6 is 0 Å². The number of likely N-dealkylation sites (tertiary alicyclic amines) is 1. The fraction of sp³-hybridized carbons (Fsp3) is 0.562. The lowest BCUT2D eigenvalue weighted by atomic mass is 10.1. The van der Waals surface area contributed by atoms with Gasteiger partial charge in [0.05, 0.1) is 6.10 Å². The third-order valence-corrected chi connectivity index (χ3v) is 3.63. The number of nitrogens with zero attached hydrogens (tertiary/aromatic N) is 1. The van der Waals surface area contributed by atoms with Crippen molar-refractivity contribution in [1.29, 1.82) is 0 Å². The van der Waals surface area contributed by atoms with Crippen LogP contribution in [0.5, 0.6) is 5.75 Å². The van der Waals surface area contributed by atoms with Gasteiger partial charge in [-0.3, -0.25) is 4.79 Å². The molecule has 0 aliphatic carbocycles. The van der Waals surface area contributed by atoms with Crippen LogP contribution in [0.4, 0.5) is 0 Å². The highest BCUT2D eigenvalue weighted by Gasteiger charge is 2.13. The Kier molecular flexibility index (Phi) is 4.97. The molecule has 1 fully saturated rings. The molecule has 3 heteroatoms. The third-order valence-electron chi connectivity index (χ3n) is 3.63. The van der Waals surface area contributed by atoms with E-state index in [0.717, 1.165) is 18.7 Å². The summed E-state index contributed by atoms with van der Waals surface area (Å²) in [6.07, 6.45) is 3.87. The largest absolute Gasteiger partial charge is 0.491 e. The lowest BCUT2D eigenvalue weighted by Gasteiger charge is -2.19. The van der Waals surface area contributed by atoms with Crippen LogP contribution in [0.25, 0.3) is 0 Å². The van der Waals surface area contributed by atoms with E-state index in [0.29, 0.717) is 5.56 Å². The topological polar surface area (TPSA) is 29.5 Å². The minimum Gasteiger partial charge on any atom is -0.491 e. The summed E-state index contributed by atoms with van der Waals surface area (Å²) in [5, 5.41) is 0. The molecule has 3 nitrogen and oxygen atoms in total. The van der Waals surface area contributed by atoms with Crippen LogP contribution in [0.15, 0.2) is 24.3 Å². The summed E-state index contributed by atoms with van der Waals surface area (Å²) in [5.74, 6) is 0.872. The standard InChI is InChI=1S/C16H23NO2/c1-13(8-11-17-9-3-4-10-17)19-16-7-5-6-15(12-16)14(2)18/h5-7,12-13H,3-4,8-11H2,1-2H3. The Morgan fingerprint density at radius 1 is 1.37 bits per heavy atom. The normalized spacial score (nSPS) is 17.4. The van der Waals surface area contributed by atoms with E-state index < -0.39 is 0 Å². The molecule has 1 aromatic carbocycles. The van der Waals surface area contributed by atoms with Crippen LogP contribution in [0.3, 0.4) is 0 Å². The maximum Gasteiger partial charge on any atom is 0.159 e. The molecule has 1 aliphatic rings. The molecular weight excluding hydrogens is 238 g/mol. The fourth-order valence-corrected chi connectivity index (χ4v) is 2.45. The van der Waals surface area contributed by atoms with Crippen LogP contribution in [-0.4, -0.2) is 36.4 Å². The molecule has 0 saturated carbocycles. The van der Waals surface area contributed by atoms with E-state index >= 15 is 0 Å². The van der Waals surface area contributed by atoms with Crippen molar-refractivity contribution in [3.05, 3.63) is 29.8 Å². The van der Waals surface area contributed by atoms with Crippen LogP contribution < -0.4 is 4.74 Å². The van der Waals surface area contributed by atoms with E-state index in [1.54, 1.807) is 6.92 Å². The number of hydrogen-bond donors (Lipinski definition) is 0. The predicted octanol–water partition coefficient (Wildman–Crippen LogP) is 3.14. The summed E-state index contributed by atoms with van der Waals surface area (Å²) in [6, 6.07) is 7.44. The second-order valence-electron chi connectivity index (χ2n) is 5.35. The summed E-state index contributed by atoms with van der Waals surface area (Å²) in [7, 11) is 0. The van der Waals surface area contributed by atoms with Gasteiger partial charge in [-0.25, -0.2) is 0 Å². The van der Waals surface area contributed by atoms with Gasteiger partial charge in [-0.1, -0.05) is 12.1 Å². The quantitative estimate of drug-likeness (QED) is 0.737. The second kappa shape index (κ2) is 6.71. The molecule has 0 bridgehead atoms. The van der Waals surface area contributed by atoms with Gasteiger partial charge in [0.15, 0.2) is 5.78 Å². The molecule has 2 rings (SSSR count). The smallest absolute Gasteiger partial charge is 0.159 e. The Bertz CT molecular complexity index is 425. The van der Waals surface area contributed by atoms with Crippen LogP contribution in [0, 0.1) is 0 Å². The molecule has 1 saturated heterocycles. The molecule has 1 unspecified atom stereocenters. The lowest BCUT2D eigenvalue weighted by molar-refractivity contribution is 0.101. The molecule has 0 aromatic heterocycles. The van der Waals surface area contributed by atoms with Gasteiger partial charge in [0.1, 0.15) is 5.75 Å². The Hall–Kier alpha value is -1.35. The first-order valence-electron chi connectivity index (χ1n) is 7.15. The van der Waals surface area contributed by atoms with Crippen molar-refractivity contribution < 1.29 is 9.53 Å². The first-order chi connectivity index (χ1) is 9.15. The van der Waals surface area contributed by atoms with Crippen molar-refractivity contribution in [2.45, 2.75) is 39.2 Å². The summed E-state index contributed by atoms with van der Waals surface area (Å²) in [6.45, 7) is 7.24. The molecule has 0 N–H and O–H groups in total. The minimum absolute atomic E-state index is 0.0789. The Labute approximate surface area is 115 Å². The number of ether oxygens (including phenoxy) is 1. The van der Waals surface area contributed by atoms with E-state index in [-0.39, 0.29) is 11.9 Å². The van der Waals surface area contributed by atoms with Gasteiger partial charge in [0.25, 0.3) is 0 Å². The molecule has 1 aliphatic heterocycles. The van der Waals surface area contributed by atoms with E-state index in [2.05, 4.69) is 11.8 Å². The summed E-state index contributed by atoms with van der Waals surface area (Å²) >= 11 is 0. The molecule has 104 valence electrons. The average Bonchev–Trinajstić information content (AvgIpc) is 2.90. The zero-order valence-corrected chi connectivity index (χ0v) is 11.9. The summed E-state index contributed by atoms with van der Waals surface area (Å²) in [5.41, 5.74) is 0.712. The van der Waals surface area contributed by atoms with E-state index in [1.807, 2.05) is 24.3 Å². The van der Waals surface area contributed by atoms with Crippen molar-refractivity contribution in [3.63, 3.8) is 0 Å².